The van der Waals surface area contributed by atoms with Crippen molar-refractivity contribution in [1.82, 2.24) is 10.3 Å². The molecule has 0 aromatic heterocycles. The minimum atomic E-state index is -1.62. The molecular formula is C20H20F3N3O2. The van der Waals surface area contributed by atoms with Gasteiger partial charge in [-0.2, -0.15) is 0 Å². The number of amides is 2. The van der Waals surface area contributed by atoms with Crippen LogP contribution in [0.2, 0.25) is 0 Å². The van der Waals surface area contributed by atoms with Crippen LogP contribution in [-0.4, -0.2) is 29.8 Å². The Kier molecular flexibility index (Phi) is 5.87. The van der Waals surface area contributed by atoms with Gasteiger partial charge in [-0.3, -0.25) is 20.4 Å². The van der Waals surface area contributed by atoms with Crippen LogP contribution in [0.3, 0.4) is 0 Å². The highest BCUT2D eigenvalue weighted by Gasteiger charge is 2.29. The quantitative estimate of drug-likeness (QED) is 0.620. The number of hydrogen-bond donors (Lipinski definition) is 2. The number of carbonyl (C=O) groups excluding carboxylic acids is 2. The van der Waals surface area contributed by atoms with Crippen molar-refractivity contribution in [3.05, 3.63) is 65.0 Å². The number of halogens is 3. The number of nitrogens with zero attached hydrogens (tertiary/aromatic N) is 1. The lowest BCUT2D eigenvalue weighted by Crippen LogP contribution is -2.46. The molecular weight excluding hydrogens is 371 g/mol. The molecule has 1 atom stereocenters. The lowest BCUT2D eigenvalue weighted by Gasteiger charge is -2.32. The molecule has 2 aromatic rings. The summed E-state index contributed by atoms with van der Waals surface area (Å²) in [5, 5.41) is 0. The fourth-order valence-electron chi connectivity index (χ4n) is 3.11. The molecule has 2 aromatic carbocycles. The molecule has 2 N–H and O–H groups in total. The summed E-state index contributed by atoms with van der Waals surface area (Å²) in [5.41, 5.74) is 5.80. The summed E-state index contributed by atoms with van der Waals surface area (Å²) < 4.78 is 39.9. The van der Waals surface area contributed by atoms with E-state index in [1.807, 2.05) is 19.1 Å². The molecule has 0 saturated carbocycles. The van der Waals surface area contributed by atoms with E-state index >= 15 is 0 Å². The largest absolute Gasteiger partial charge is 0.338 e. The van der Waals surface area contributed by atoms with E-state index in [-0.39, 0.29) is 18.1 Å². The molecule has 0 aliphatic carbocycles. The van der Waals surface area contributed by atoms with Crippen molar-refractivity contribution < 1.29 is 22.8 Å². The summed E-state index contributed by atoms with van der Waals surface area (Å²) in [6.07, 6.45) is 1.21. The van der Waals surface area contributed by atoms with Gasteiger partial charge in [-0.1, -0.05) is 17.7 Å². The molecule has 1 fully saturated rings. The molecule has 5 nitrogen and oxygen atoms in total. The van der Waals surface area contributed by atoms with Crippen LogP contribution < -0.4 is 10.9 Å². The fourth-order valence-corrected chi connectivity index (χ4v) is 3.11. The summed E-state index contributed by atoms with van der Waals surface area (Å²) in [5.74, 6) is -5.45. The fraction of sp³-hybridized carbons (Fsp3) is 0.300. The maximum absolute atomic E-state index is 13.7. The van der Waals surface area contributed by atoms with E-state index in [0.717, 1.165) is 17.7 Å². The number of benzene rings is 2. The van der Waals surface area contributed by atoms with Crippen molar-refractivity contribution in [3.8, 4) is 0 Å². The van der Waals surface area contributed by atoms with Crippen molar-refractivity contribution in [2.75, 3.05) is 18.5 Å². The first-order valence-electron chi connectivity index (χ1n) is 8.92. The predicted octanol–water partition coefficient (Wildman–Crippen LogP) is 3.41. The van der Waals surface area contributed by atoms with Crippen molar-refractivity contribution >= 4 is 17.5 Å². The topological polar surface area (TPSA) is 61.4 Å². The van der Waals surface area contributed by atoms with Gasteiger partial charge in [0.1, 0.15) is 0 Å². The summed E-state index contributed by atoms with van der Waals surface area (Å²) in [7, 11) is 0. The van der Waals surface area contributed by atoms with E-state index in [9.17, 15) is 22.8 Å². The van der Waals surface area contributed by atoms with E-state index < -0.39 is 29.3 Å². The maximum Gasteiger partial charge on any atom is 0.253 e. The second kappa shape index (κ2) is 8.33. The molecule has 1 aliphatic rings. The molecule has 2 amide bonds. The van der Waals surface area contributed by atoms with E-state index in [0.29, 0.717) is 24.9 Å². The van der Waals surface area contributed by atoms with Crippen molar-refractivity contribution in [2.24, 2.45) is 5.92 Å². The molecule has 28 heavy (non-hydrogen) atoms. The van der Waals surface area contributed by atoms with Crippen molar-refractivity contribution in [3.63, 3.8) is 0 Å². The highest BCUT2D eigenvalue weighted by atomic mass is 19.2. The zero-order valence-electron chi connectivity index (χ0n) is 15.3. The Balaban J connectivity index is 1.60. The van der Waals surface area contributed by atoms with E-state index in [1.165, 1.54) is 0 Å². The van der Waals surface area contributed by atoms with Gasteiger partial charge in [-0.15, -0.1) is 0 Å². The number of carbonyl (C=O) groups is 2. The Labute approximate surface area is 160 Å². The first-order chi connectivity index (χ1) is 13.4. The van der Waals surface area contributed by atoms with Crippen LogP contribution in [0.4, 0.5) is 18.9 Å². The minimum Gasteiger partial charge on any atom is -0.338 e. The van der Waals surface area contributed by atoms with Gasteiger partial charge in [0.25, 0.3) is 5.91 Å². The van der Waals surface area contributed by atoms with Crippen LogP contribution in [0.1, 0.15) is 28.8 Å². The van der Waals surface area contributed by atoms with Gasteiger partial charge in [-0.05, 0) is 44.0 Å². The third-order valence-electron chi connectivity index (χ3n) is 4.73. The van der Waals surface area contributed by atoms with Gasteiger partial charge in [-0.25, -0.2) is 13.2 Å². The molecule has 8 heteroatoms. The molecule has 1 saturated heterocycles. The zero-order valence-corrected chi connectivity index (χ0v) is 15.3. The Bertz CT molecular complexity index is 887. The number of aryl methyl sites for hydroxylation is 1. The third kappa shape index (κ3) is 4.27. The SMILES string of the molecule is Cc1ccc(C(=O)N2CCCC(C(=O)NNc3ccc(F)c(F)c3F)C2)cc1. The average Bonchev–Trinajstić information content (AvgIpc) is 2.71. The predicted molar refractivity (Wildman–Crippen MR) is 97.9 cm³/mol. The van der Waals surface area contributed by atoms with Gasteiger partial charge >= 0.3 is 0 Å². The number of nitrogens with one attached hydrogen (secondary N) is 2. The molecule has 0 bridgehead atoms. The molecule has 3 rings (SSSR count). The second-order valence-corrected chi connectivity index (χ2v) is 6.79. The number of hydrogen-bond acceptors (Lipinski definition) is 3. The first kappa shape index (κ1) is 19.7. The third-order valence-corrected chi connectivity index (χ3v) is 4.73. The molecule has 0 radical (unpaired) electrons. The van der Waals surface area contributed by atoms with Crippen LogP contribution >= 0.6 is 0 Å². The Morgan fingerprint density at radius 2 is 1.75 bits per heavy atom. The van der Waals surface area contributed by atoms with Gasteiger partial charge < -0.3 is 4.90 Å². The van der Waals surface area contributed by atoms with Crippen molar-refractivity contribution in [2.45, 2.75) is 19.8 Å². The highest BCUT2D eigenvalue weighted by Crippen LogP contribution is 2.21. The van der Waals surface area contributed by atoms with Crippen LogP contribution in [0.5, 0.6) is 0 Å². The van der Waals surface area contributed by atoms with Crippen LogP contribution in [0.15, 0.2) is 36.4 Å². The highest BCUT2D eigenvalue weighted by molar-refractivity contribution is 5.94. The molecule has 148 valence electrons. The number of piperidine rings is 1. The van der Waals surface area contributed by atoms with E-state index in [1.54, 1.807) is 17.0 Å². The second-order valence-electron chi connectivity index (χ2n) is 6.79. The summed E-state index contributed by atoms with van der Waals surface area (Å²) >= 11 is 0. The van der Waals surface area contributed by atoms with Crippen molar-refractivity contribution in [1.29, 1.82) is 0 Å². The van der Waals surface area contributed by atoms with E-state index in [4.69, 9.17) is 0 Å². The van der Waals surface area contributed by atoms with Gasteiger partial charge in [0.2, 0.25) is 5.91 Å². The number of hydrazine groups is 1. The zero-order chi connectivity index (χ0) is 20.3. The maximum atomic E-state index is 13.7. The smallest absolute Gasteiger partial charge is 0.253 e. The summed E-state index contributed by atoms with van der Waals surface area (Å²) in [6.45, 7) is 2.69. The van der Waals surface area contributed by atoms with Gasteiger partial charge in [0.05, 0.1) is 11.6 Å². The number of rotatable bonds is 4. The lowest BCUT2D eigenvalue weighted by molar-refractivity contribution is -0.125. The molecule has 1 aliphatic heterocycles. The Morgan fingerprint density at radius 1 is 1.04 bits per heavy atom. The van der Waals surface area contributed by atoms with Crippen LogP contribution in [-0.2, 0) is 4.79 Å². The summed E-state index contributed by atoms with van der Waals surface area (Å²) in [4.78, 5) is 26.6. The Morgan fingerprint density at radius 3 is 2.46 bits per heavy atom. The number of likely N-dealkylation sites (tertiary alicyclic amines) is 1. The minimum absolute atomic E-state index is 0.155. The van der Waals surface area contributed by atoms with Crippen LogP contribution in [0.25, 0.3) is 0 Å². The Hall–Kier alpha value is -3.03. The molecule has 1 heterocycles. The van der Waals surface area contributed by atoms with E-state index in [2.05, 4.69) is 10.9 Å². The van der Waals surface area contributed by atoms with Crippen LogP contribution in [0, 0.1) is 30.3 Å². The lowest BCUT2D eigenvalue weighted by atomic mass is 9.96. The monoisotopic (exact) mass is 391 g/mol. The summed E-state index contributed by atoms with van der Waals surface area (Å²) in [6, 6.07) is 8.93. The first-order valence-corrected chi connectivity index (χ1v) is 8.92. The number of anilines is 1. The normalized spacial score (nSPS) is 16.6. The molecule has 1 unspecified atom stereocenters. The molecule has 0 spiro atoms. The van der Waals surface area contributed by atoms with Gasteiger partial charge in [0, 0.05) is 18.7 Å². The average molecular weight is 391 g/mol. The standard InChI is InChI=1S/C20H20F3N3O2/c1-12-4-6-13(7-5-12)20(28)26-10-2-3-14(11-26)19(27)25-24-16-9-8-15(21)17(22)18(16)23/h4-9,14,24H,2-3,10-11H2,1H3,(H,25,27). The van der Waals surface area contributed by atoms with Gasteiger partial charge in [0.15, 0.2) is 17.5 Å².